The Morgan fingerprint density at radius 1 is 1.40 bits per heavy atom. The Bertz CT molecular complexity index is 655. The molecule has 1 heterocycles. The maximum Gasteiger partial charge on any atom is 0.164 e. The van der Waals surface area contributed by atoms with Crippen LogP contribution < -0.4 is 5.32 Å². The standard InChI is InChI=1S/C14H14Cl2N2OS/c1-7(11-5-4-10(15)6-12(11)16)17-14-13(9(3)19)8(2)18-20-14/h4-7,17H,1-3H3. The van der Waals surface area contributed by atoms with Crippen molar-refractivity contribution in [1.29, 1.82) is 0 Å². The number of aromatic nitrogens is 1. The summed E-state index contributed by atoms with van der Waals surface area (Å²) >= 11 is 13.4. The van der Waals surface area contributed by atoms with E-state index in [9.17, 15) is 4.79 Å². The molecule has 0 spiro atoms. The number of hydrogen-bond donors (Lipinski definition) is 1. The van der Waals surface area contributed by atoms with Crippen LogP contribution in [0.25, 0.3) is 0 Å². The molecular weight excluding hydrogens is 315 g/mol. The van der Waals surface area contributed by atoms with Crippen LogP contribution >= 0.6 is 34.7 Å². The summed E-state index contributed by atoms with van der Waals surface area (Å²) in [6.45, 7) is 5.36. The summed E-state index contributed by atoms with van der Waals surface area (Å²) in [5, 5.41) is 5.27. The van der Waals surface area contributed by atoms with Crippen molar-refractivity contribution in [3.63, 3.8) is 0 Å². The number of nitrogens with zero attached hydrogens (tertiary/aromatic N) is 1. The van der Waals surface area contributed by atoms with Gasteiger partial charge in [0.25, 0.3) is 0 Å². The molecule has 1 unspecified atom stereocenters. The fourth-order valence-corrected chi connectivity index (χ4v) is 3.51. The van der Waals surface area contributed by atoms with E-state index in [4.69, 9.17) is 23.2 Å². The number of aryl methyl sites for hydroxylation is 1. The van der Waals surface area contributed by atoms with E-state index in [1.807, 2.05) is 19.9 Å². The topological polar surface area (TPSA) is 42.0 Å². The van der Waals surface area contributed by atoms with Gasteiger partial charge >= 0.3 is 0 Å². The quantitative estimate of drug-likeness (QED) is 0.790. The van der Waals surface area contributed by atoms with E-state index in [0.29, 0.717) is 15.6 Å². The molecular formula is C14H14Cl2N2OS. The molecule has 20 heavy (non-hydrogen) atoms. The molecule has 2 aromatic rings. The molecule has 0 saturated heterocycles. The molecule has 0 fully saturated rings. The molecule has 1 N–H and O–H groups in total. The van der Waals surface area contributed by atoms with Crippen molar-refractivity contribution in [1.82, 2.24) is 4.37 Å². The van der Waals surface area contributed by atoms with Crippen molar-refractivity contribution >= 4 is 45.5 Å². The number of carbonyl (C=O) groups is 1. The molecule has 0 bridgehead atoms. The third-order valence-corrected chi connectivity index (χ3v) is 4.42. The Hall–Kier alpha value is -1.10. The van der Waals surface area contributed by atoms with Crippen molar-refractivity contribution < 1.29 is 4.79 Å². The normalized spacial score (nSPS) is 12.2. The van der Waals surface area contributed by atoms with Crippen LogP contribution in [0.4, 0.5) is 5.00 Å². The smallest absolute Gasteiger partial charge is 0.164 e. The van der Waals surface area contributed by atoms with Crippen molar-refractivity contribution in [3.8, 4) is 0 Å². The number of hydrogen-bond acceptors (Lipinski definition) is 4. The molecule has 6 heteroatoms. The zero-order chi connectivity index (χ0) is 14.9. The average Bonchev–Trinajstić information content (AvgIpc) is 2.70. The van der Waals surface area contributed by atoms with E-state index in [1.165, 1.54) is 11.5 Å². The summed E-state index contributed by atoms with van der Waals surface area (Å²) in [6.07, 6.45) is 0. The van der Waals surface area contributed by atoms with E-state index >= 15 is 0 Å². The first-order valence-electron chi connectivity index (χ1n) is 6.09. The Morgan fingerprint density at radius 2 is 2.10 bits per heavy atom. The van der Waals surface area contributed by atoms with Gasteiger partial charge in [0.05, 0.1) is 17.3 Å². The van der Waals surface area contributed by atoms with Crippen LogP contribution in [-0.4, -0.2) is 10.2 Å². The minimum atomic E-state index is -0.0438. The number of halogens is 2. The fourth-order valence-electron chi connectivity index (χ4n) is 2.01. The Morgan fingerprint density at radius 3 is 2.70 bits per heavy atom. The van der Waals surface area contributed by atoms with Gasteiger partial charge in [0.2, 0.25) is 0 Å². The Balaban J connectivity index is 2.28. The summed E-state index contributed by atoms with van der Waals surface area (Å²) in [5.41, 5.74) is 2.32. The van der Waals surface area contributed by atoms with Crippen LogP contribution in [0.2, 0.25) is 10.0 Å². The average molecular weight is 329 g/mol. The zero-order valence-electron chi connectivity index (χ0n) is 11.3. The van der Waals surface area contributed by atoms with E-state index < -0.39 is 0 Å². The van der Waals surface area contributed by atoms with Gasteiger partial charge in [-0.25, -0.2) is 0 Å². The van der Waals surface area contributed by atoms with Crippen molar-refractivity contribution in [3.05, 3.63) is 45.1 Å². The highest BCUT2D eigenvalue weighted by atomic mass is 35.5. The molecule has 3 nitrogen and oxygen atoms in total. The van der Waals surface area contributed by atoms with Gasteiger partial charge < -0.3 is 5.32 Å². The van der Waals surface area contributed by atoms with E-state index in [-0.39, 0.29) is 11.8 Å². The molecule has 0 saturated carbocycles. The lowest BCUT2D eigenvalue weighted by molar-refractivity contribution is 0.101. The van der Waals surface area contributed by atoms with E-state index in [2.05, 4.69) is 9.69 Å². The highest BCUT2D eigenvalue weighted by Crippen LogP contribution is 2.32. The zero-order valence-corrected chi connectivity index (χ0v) is 13.7. The lowest BCUT2D eigenvalue weighted by atomic mass is 10.1. The van der Waals surface area contributed by atoms with Crippen molar-refractivity contribution in [2.45, 2.75) is 26.8 Å². The van der Waals surface area contributed by atoms with Crippen LogP contribution in [0.15, 0.2) is 18.2 Å². The number of rotatable bonds is 4. The maximum absolute atomic E-state index is 11.7. The van der Waals surface area contributed by atoms with Gasteiger partial charge in [0.15, 0.2) is 5.78 Å². The van der Waals surface area contributed by atoms with Gasteiger partial charge in [0, 0.05) is 10.0 Å². The summed E-state index contributed by atoms with van der Waals surface area (Å²) in [5.74, 6) is 0.00755. The van der Waals surface area contributed by atoms with Crippen molar-refractivity contribution in [2.75, 3.05) is 5.32 Å². The minimum Gasteiger partial charge on any atom is -0.368 e. The fraction of sp³-hybridized carbons (Fsp3) is 0.286. The third-order valence-electron chi connectivity index (χ3n) is 2.99. The number of carbonyl (C=O) groups excluding carboxylic acids is 1. The third kappa shape index (κ3) is 3.14. The maximum atomic E-state index is 11.7. The number of anilines is 1. The summed E-state index contributed by atoms with van der Waals surface area (Å²) in [4.78, 5) is 11.7. The molecule has 0 amide bonds. The van der Waals surface area contributed by atoms with Gasteiger partial charge in [-0.1, -0.05) is 29.3 Å². The van der Waals surface area contributed by atoms with Crippen LogP contribution in [0.1, 0.15) is 41.5 Å². The number of ketones is 1. The molecule has 0 radical (unpaired) electrons. The summed E-state index contributed by atoms with van der Waals surface area (Å²) in [6, 6.07) is 5.34. The molecule has 1 aromatic carbocycles. The van der Waals surface area contributed by atoms with Crippen molar-refractivity contribution in [2.24, 2.45) is 0 Å². The van der Waals surface area contributed by atoms with Gasteiger partial charge in [-0.3, -0.25) is 4.79 Å². The second-order valence-electron chi connectivity index (χ2n) is 4.56. The monoisotopic (exact) mass is 328 g/mol. The predicted octanol–water partition coefficient (Wildman–Crippen LogP) is 5.13. The second-order valence-corrected chi connectivity index (χ2v) is 6.18. The van der Waals surface area contributed by atoms with Gasteiger partial charge in [0.1, 0.15) is 5.00 Å². The summed E-state index contributed by atoms with van der Waals surface area (Å²) in [7, 11) is 0. The molecule has 0 aliphatic carbocycles. The van der Waals surface area contributed by atoms with Gasteiger partial charge in [-0.15, -0.1) is 0 Å². The summed E-state index contributed by atoms with van der Waals surface area (Å²) < 4.78 is 4.23. The Kier molecular flexibility index (Phi) is 4.68. The highest BCUT2D eigenvalue weighted by molar-refractivity contribution is 7.10. The van der Waals surface area contributed by atoms with Crippen LogP contribution in [0, 0.1) is 6.92 Å². The lowest BCUT2D eigenvalue weighted by Gasteiger charge is -2.16. The molecule has 106 valence electrons. The molecule has 1 atom stereocenters. The Labute approximate surface area is 132 Å². The molecule has 0 aliphatic rings. The largest absolute Gasteiger partial charge is 0.368 e. The van der Waals surface area contributed by atoms with Crippen LogP contribution in [0.5, 0.6) is 0 Å². The SMILES string of the molecule is CC(=O)c1c(C)nsc1NC(C)c1ccc(Cl)cc1Cl. The second kappa shape index (κ2) is 6.12. The van der Waals surface area contributed by atoms with Crippen LogP contribution in [-0.2, 0) is 0 Å². The minimum absolute atomic E-state index is 0.00755. The van der Waals surface area contributed by atoms with Gasteiger partial charge in [-0.2, -0.15) is 4.37 Å². The van der Waals surface area contributed by atoms with Crippen LogP contribution in [0.3, 0.4) is 0 Å². The number of nitrogens with one attached hydrogen (secondary N) is 1. The van der Waals surface area contributed by atoms with Gasteiger partial charge in [-0.05, 0) is 50.0 Å². The first-order chi connectivity index (χ1) is 9.40. The van der Waals surface area contributed by atoms with E-state index in [1.54, 1.807) is 19.1 Å². The van der Waals surface area contributed by atoms with E-state index in [0.717, 1.165) is 16.3 Å². The molecule has 1 aromatic heterocycles. The first kappa shape index (κ1) is 15.3. The lowest BCUT2D eigenvalue weighted by Crippen LogP contribution is -2.09. The first-order valence-corrected chi connectivity index (χ1v) is 7.61. The molecule has 0 aliphatic heterocycles. The number of Topliss-reactive ketones (excluding diaryl/α,β-unsaturated/α-hetero) is 1. The highest BCUT2D eigenvalue weighted by Gasteiger charge is 2.18. The number of benzene rings is 1. The predicted molar refractivity (Wildman–Crippen MR) is 85.4 cm³/mol. The molecule has 2 rings (SSSR count).